The molecule has 0 amide bonds. The summed E-state index contributed by atoms with van der Waals surface area (Å²) in [4.78, 5) is 4.92. The van der Waals surface area contributed by atoms with Crippen LogP contribution in [0.5, 0.6) is 17.2 Å². The maximum Gasteiger partial charge on any atom is 0.573 e. The molecule has 0 bridgehead atoms. The van der Waals surface area contributed by atoms with Gasteiger partial charge in [0.25, 0.3) is 0 Å². The zero-order valence-corrected chi connectivity index (χ0v) is 24.3. The molecule has 0 saturated carbocycles. The van der Waals surface area contributed by atoms with E-state index in [9.17, 15) is 13.2 Å². The number of halogens is 3. The molecule has 1 aromatic heterocycles. The lowest BCUT2D eigenvalue weighted by molar-refractivity contribution is -0.274. The molecule has 6 rings (SSSR count). The van der Waals surface area contributed by atoms with Gasteiger partial charge in [-0.05, 0) is 66.4 Å². The van der Waals surface area contributed by atoms with Crippen LogP contribution in [0.1, 0.15) is 30.0 Å². The van der Waals surface area contributed by atoms with Crippen LogP contribution in [0.4, 0.5) is 13.2 Å². The van der Waals surface area contributed by atoms with E-state index in [0.717, 1.165) is 96.9 Å². The van der Waals surface area contributed by atoms with Crippen molar-refractivity contribution in [1.29, 1.82) is 0 Å². The number of piperazine rings is 1. The predicted octanol–water partition coefficient (Wildman–Crippen LogP) is 6.16. The third-order valence-corrected chi connectivity index (χ3v) is 8.27. The second kappa shape index (κ2) is 12.5. The van der Waals surface area contributed by atoms with Crippen molar-refractivity contribution < 1.29 is 27.4 Å². The first-order valence-electron chi connectivity index (χ1n) is 14.8. The molecule has 3 aromatic carbocycles. The van der Waals surface area contributed by atoms with Gasteiger partial charge in [0.1, 0.15) is 5.75 Å². The molecular weight excluding hydrogens is 557 g/mol. The molecule has 7 nitrogen and oxygen atoms in total. The van der Waals surface area contributed by atoms with Crippen LogP contribution in [0.15, 0.2) is 60.8 Å². The summed E-state index contributed by atoms with van der Waals surface area (Å²) in [6.07, 6.45) is -1.21. The highest BCUT2D eigenvalue weighted by atomic mass is 19.4. The predicted molar refractivity (Wildman–Crippen MR) is 160 cm³/mol. The summed E-state index contributed by atoms with van der Waals surface area (Å²) in [6.45, 7) is 9.06. The first kappa shape index (κ1) is 29.3. The number of nitrogens with two attached hydrogens (primary N) is 1. The number of aromatic nitrogens is 1. The third kappa shape index (κ3) is 6.61. The Morgan fingerprint density at radius 2 is 1.67 bits per heavy atom. The van der Waals surface area contributed by atoms with Crippen LogP contribution < -0.4 is 19.9 Å². The first-order chi connectivity index (χ1) is 20.8. The number of hydrogen-bond acceptors (Lipinski definition) is 6. The van der Waals surface area contributed by atoms with E-state index in [0.29, 0.717) is 13.0 Å². The summed E-state index contributed by atoms with van der Waals surface area (Å²) in [7, 11) is 0. The number of benzene rings is 3. The smallest absolute Gasteiger partial charge is 0.454 e. The van der Waals surface area contributed by atoms with E-state index in [1.165, 1.54) is 17.7 Å². The van der Waals surface area contributed by atoms with Crippen molar-refractivity contribution >= 4 is 10.9 Å². The normalized spacial score (nSPS) is 15.8. The molecule has 0 radical (unpaired) electrons. The number of aryl methyl sites for hydroxylation is 2. The SMILES string of the molecule is CCc1cc(OC(F)(F)F)ccc1-c1cn(CCCN)c2ccc(CN3CCN(Cc4cccc5c4OCO5)CC3)cc12. The summed E-state index contributed by atoms with van der Waals surface area (Å²) >= 11 is 0. The molecule has 2 N–H and O–H groups in total. The van der Waals surface area contributed by atoms with E-state index in [1.54, 1.807) is 6.07 Å². The summed E-state index contributed by atoms with van der Waals surface area (Å²) in [5.74, 6) is 1.48. The van der Waals surface area contributed by atoms with Gasteiger partial charge in [-0.3, -0.25) is 9.80 Å². The van der Waals surface area contributed by atoms with Gasteiger partial charge >= 0.3 is 6.36 Å². The van der Waals surface area contributed by atoms with Gasteiger partial charge in [0.15, 0.2) is 11.5 Å². The van der Waals surface area contributed by atoms with Gasteiger partial charge in [-0.2, -0.15) is 0 Å². The largest absolute Gasteiger partial charge is 0.573 e. The maximum atomic E-state index is 12.9. The Labute approximate surface area is 249 Å². The fourth-order valence-electron chi connectivity index (χ4n) is 6.15. The van der Waals surface area contributed by atoms with Gasteiger partial charge in [-0.25, -0.2) is 0 Å². The van der Waals surface area contributed by atoms with E-state index in [4.69, 9.17) is 15.2 Å². The monoisotopic (exact) mass is 594 g/mol. The minimum absolute atomic E-state index is 0.197. The van der Waals surface area contributed by atoms with Crippen molar-refractivity contribution in [2.24, 2.45) is 5.73 Å². The van der Waals surface area contributed by atoms with Crippen molar-refractivity contribution in [2.75, 3.05) is 39.5 Å². The fraction of sp³-hybridized carbons (Fsp3) is 0.394. The molecule has 0 spiro atoms. The number of hydrogen-bond donors (Lipinski definition) is 1. The lowest BCUT2D eigenvalue weighted by Gasteiger charge is -2.34. The van der Waals surface area contributed by atoms with Crippen LogP contribution in [0.3, 0.4) is 0 Å². The number of alkyl halides is 3. The van der Waals surface area contributed by atoms with Gasteiger partial charge in [0.2, 0.25) is 6.79 Å². The lowest BCUT2D eigenvalue weighted by Crippen LogP contribution is -2.45. The van der Waals surface area contributed by atoms with Gasteiger partial charge < -0.3 is 24.5 Å². The lowest BCUT2D eigenvalue weighted by atomic mass is 9.96. The van der Waals surface area contributed by atoms with Crippen LogP contribution >= 0.6 is 0 Å². The second-order valence-electron chi connectivity index (χ2n) is 11.2. The minimum atomic E-state index is -4.73. The number of ether oxygens (including phenoxy) is 3. The Morgan fingerprint density at radius 3 is 2.42 bits per heavy atom. The fourth-order valence-corrected chi connectivity index (χ4v) is 6.15. The Balaban J connectivity index is 1.20. The van der Waals surface area contributed by atoms with Gasteiger partial charge in [-0.1, -0.05) is 31.2 Å². The van der Waals surface area contributed by atoms with Crippen molar-refractivity contribution in [3.05, 3.63) is 77.5 Å². The molecule has 0 aliphatic carbocycles. The molecule has 1 fully saturated rings. The van der Waals surface area contributed by atoms with Crippen LogP contribution in [0, 0.1) is 0 Å². The molecular formula is C33H37F3N4O3. The molecule has 10 heteroatoms. The number of nitrogens with zero attached hydrogens (tertiary/aromatic N) is 3. The summed E-state index contributed by atoms with van der Waals surface area (Å²) in [5, 5.41) is 1.09. The Morgan fingerprint density at radius 1 is 0.884 bits per heavy atom. The van der Waals surface area contributed by atoms with Crippen LogP contribution in [-0.2, 0) is 26.1 Å². The van der Waals surface area contributed by atoms with E-state index >= 15 is 0 Å². The Kier molecular flexibility index (Phi) is 8.52. The quantitative estimate of drug-likeness (QED) is 0.237. The van der Waals surface area contributed by atoms with E-state index in [2.05, 4.69) is 49.6 Å². The Hall–Kier alpha value is -3.73. The van der Waals surface area contributed by atoms with Crippen molar-refractivity contribution in [2.45, 2.75) is 45.8 Å². The van der Waals surface area contributed by atoms with Gasteiger partial charge in [0, 0.05) is 74.0 Å². The standard InChI is InChI=1S/C33H37F3N4O3/c1-2-24-18-26(43-33(34,35)36)8-9-27(24)29-21-40(12-4-11-37)30-10-7-23(17-28(29)30)19-38-13-15-39(16-14-38)20-25-5-3-6-31-32(25)42-22-41-31/h3,5-10,17-18,21H,2,4,11-16,19-20,22,37H2,1H3. The van der Waals surface area contributed by atoms with Crippen LogP contribution in [-0.4, -0.2) is 60.2 Å². The zero-order chi connectivity index (χ0) is 30.0. The molecule has 3 heterocycles. The molecule has 0 atom stereocenters. The highest BCUT2D eigenvalue weighted by molar-refractivity contribution is 5.97. The van der Waals surface area contributed by atoms with Crippen LogP contribution in [0.2, 0.25) is 0 Å². The minimum Gasteiger partial charge on any atom is -0.454 e. The second-order valence-corrected chi connectivity index (χ2v) is 11.2. The highest BCUT2D eigenvalue weighted by Gasteiger charge is 2.31. The summed E-state index contributed by atoms with van der Waals surface area (Å²) in [6, 6.07) is 17.3. The van der Waals surface area contributed by atoms with Gasteiger partial charge in [0.05, 0.1) is 0 Å². The topological polar surface area (TPSA) is 65.1 Å². The van der Waals surface area contributed by atoms with Gasteiger partial charge in [-0.15, -0.1) is 13.2 Å². The average Bonchev–Trinajstić information content (AvgIpc) is 3.61. The molecule has 2 aliphatic heterocycles. The molecule has 228 valence electrons. The van der Waals surface area contributed by atoms with Crippen molar-refractivity contribution in [1.82, 2.24) is 14.4 Å². The highest BCUT2D eigenvalue weighted by Crippen LogP contribution is 2.38. The molecule has 43 heavy (non-hydrogen) atoms. The molecule has 0 unspecified atom stereocenters. The maximum absolute atomic E-state index is 12.9. The van der Waals surface area contributed by atoms with Crippen molar-refractivity contribution in [3.8, 4) is 28.4 Å². The summed E-state index contributed by atoms with van der Waals surface area (Å²) < 4.78 is 56.3. The van der Waals surface area contributed by atoms with E-state index in [-0.39, 0.29) is 12.5 Å². The molecule has 2 aliphatic rings. The number of rotatable bonds is 10. The number of para-hydroxylation sites is 1. The van der Waals surface area contributed by atoms with Crippen molar-refractivity contribution in [3.63, 3.8) is 0 Å². The average molecular weight is 595 g/mol. The van der Waals surface area contributed by atoms with Crippen LogP contribution in [0.25, 0.3) is 22.0 Å². The number of fused-ring (bicyclic) bond motifs is 2. The molecule has 1 saturated heterocycles. The zero-order valence-electron chi connectivity index (χ0n) is 24.3. The molecule has 4 aromatic rings. The first-order valence-corrected chi connectivity index (χ1v) is 14.8. The Bertz CT molecular complexity index is 1580. The van der Waals surface area contributed by atoms with E-state index < -0.39 is 6.36 Å². The van der Waals surface area contributed by atoms with E-state index in [1.807, 2.05) is 19.1 Å². The summed E-state index contributed by atoms with van der Waals surface area (Å²) in [5.41, 5.74) is 12.0. The third-order valence-electron chi connectivity index (χ3n) is 8.27.